The number of amides is 1. The number of ether oxygens (including phenoxy) is 3. The van der Waals surface area contributed by atoms with E-state index in [2.05, 4.69) is 10.1 Å². The number of hydrogen-bond donors (Lipinski definition) is 1. The number of hydrogen-bond acceptors (Lipinski definition) is 5. The number of esters is 1. The Morgan fingerprint density at radius 3 is 2.46 bits per heavy atom. The van der Waals surface area contributed by atoms with Crippen LogP contribution < -0.4 is 14.8 Å². The van der Waals surface area contributed by atoms with Gasteiger partial charge in [0.2, 0.25) is 0 Å². The van der Waals surface area contributed by atoms with Crippen molar-refractivity contribution in [1.29, 1.82) is 0 Å². The number of nitrogens with one attached hydrogen (secondary N) is 1. The zero-order chi connectivity index (χ0) is 20.5. The van der Waals surface area contributed by atoms with Gasteiger partial charge in [-0.05, 0) is 48.7 Å². The van der Waals surface area contributed by atoms with Crippen molar-refractivity contribution < 1.29 is 32.6 Å². The predicted molar refractivity (Wildman–Crippen MR) is 97.8 cm³/mol. The lowest BCUT2D eigenvalue weighted by Gasteiger charge is -2.09. The third kappa shape index (κ3) is 6.53. The fourth-order valence-electron chi connectivity index (χ4n) is 2.40. The summed E-state index contributed by atoms with van der Waals surface area (Å²) in [5, 5.41) is 2.62. The maximum Gasteiger partial charge on any atom is 0.387 e. The van der Waals surface area contributed by atoms with Gasteiger partial charge in [-0.1, -0.05) is 18.2 Å². The first-order valence-corrected chi connectivity index (χ1v) is 8.51. The Kier molecular flexibility index (Phi) is 7.74. The number of alkyl halides is 2. The smallest absolute Gasteiger partial charge is 0.387 e. The van der Waals surface area contributed by atoms with E-state index in [4.69, 9.17) is 9.47 Å². The molecule has 150 valence electrons. The maximum absolute atomic E-state index is 12.1. The summed E-state index contributed by atoms with van der Waals surface area (Å²) in [6, 6.07) is 11.0. The Bertz CT molecular complexity index is 809. The van der Waals surface area contributed by atoms with Crippen molar-refractivity contribution in [1.82, 2.24) is 5.32 Å². The van der Waals surface area contributed by atoms with E-state index in [9.17, 15) is 18.4 Å². The van der Waals surface area contributed by atoms with Crippen molar-refractivity contribution in [2.75, 3.05) is 20.3 Å². The van der Waals surface area contributed by atoms with Crippen LogP contribution in [-0.4, -0.2) is 38.7 Å². The van der Waals surface area contributed by atoms with Crippen LogP contribution in [0.1, 0.15) is 21.5 Å². The Labute approximate surface area is 161 Å². The SMILES string of the molecule is COc1cc(C(=O)OCC(=O)NCCc2ccc(OC(F)F)cc2)ccc1C. The molecule has 1 amide bonds. The minimum Gasteiger partial charge on any atom is -0.496 e. The van der Waals surface area contributed by atoms with Crippen LogP contribution in [0.5, 0.6) is 11.5 Å². The average Bonchev–Trinajstić information content (AvgIpc) is 2.67. The lowest BCUT2D eigenvalue weighted by molar-refractivity contribution is -0.124. The summed E-state index contributed by atoms with van der Waals surface area (Å²) in [7, 11) is 1.50. The van der Waals surface area contributed by atoms with Gasteiger partial charge in [0.15, 0.2) is 6.61 Å². The van der Waals surface area contributed by atoms with Gasteiger partial charge in [0.1, 0.15) is 11.5 Å². The summed E-state index contributed by atoms with van der Waals surface area (Å²) in [6.45, 7) is -1.12. The van der Waals surface area contributed by atoms with E-state index in [1.807, 2.05) is 6.92 Å². The number of aryl methyl sites for hydroxylation is 1. The highest BCUT2D eigenvalue weighted by Gasteiger charge is 2.12. The molecule has 0 saturated carbocycles. The predicted octanol–water partition coefficient (Wildman–Crippen LogP) is 3.12. The molecule has 0 aliphatic heterocycles. The third-order valence-electron chi connectivity index (χ3n) is 3.86. The van der Waals surface area contributed by atoms with Crippen molar-refractivity contribution in [3.63, 3.8) is 0 Å². The molecule has 0 atom stereocenters. The van der Waals surface area contributed by atoms with E-state index in [0.29, 0.717) is 24.3 Å². The normalized spacial score (nSPS) is 10.5. The zero-order valence-corrected chi connectivity index (χ0v) is 15.5. The molecule has 0 aliphatic carbocycles. The minimum atomic E-state index is -2.87. The van der Waals surface area contributed by atoms with Crippen LogP contribution in [-0.2, 0) is 16.0 Å². The van der Waals surface area contributed by atoms with E-state index in [1.54, 1.807) is 30.3 Å². The van der Waals surface area contributed by atoms with Crippen LogP contribution in [0.3, 0.4) is 0 Å². The minimum absolute atomic E-state index is 0.0717. The van der Waals surface area contributed by atoms with E-state index in [-0.39, 0.29) is 5.75 Å². The summed E-state index contributed by atoms with van der Waals surface area (Å²) in [5.74, 6) is -0.431. The fourth-order valence-corrected chi connectivity index (χ4v) is 2.40. The lowest BCUT2D eigenvalue weighted by Crippen LogP contribution is -2.30. The molecule has 2 rings (SSSR count). The van der Waals surface area contributed by atoms with E-state index in [0.717, 1.165) is 11.1 Å². The molecule has 0 unspecified atom stereocenters. The van der Waals surface area contributed by atoms with Gasteiger partial charge in [0.05, 0.1) is 12.7 Å². The highest BCUT2D eigenvalue weighted by Crippen LogP contribution is 2.19. The number of benzene rings is 2. The van der Waals surface area contributed by atoms with Crippen molar-refractivity contribution in [2.24, 2.45) is 0 Å². The molecule has 0 radical (unpaired) electrons. The second-order valence-electron chi connectivity index (χ2n) is 5.88. The van der Waals surface area contributed by atoms with Crippen molar-refractivity contribution in [3.05, 3.63) is 59.2 Å². The topological polar surface area (TPSA) is 73.9 Å². The second kappa shape index (κ2) is 10.2. The van der Waals surface area contributed by atoms with Gasteiger partial charge in [-0.2, -0.15) is 8.78 Å². The molecular formula is C20H21F2NO5. The number of rotatable bonds is 9. The summed E-state index contributed by atoms with van der Waals surface area (Å²) < 4.78 is 38.6. The van der Waals surface area contributed by atoms with Gasteiger partial charge in [0, 0.05) is 6.54 Å². The third-order valence-corrected chi connectivity index (χ3v) is 3.86. The van der Waals surface area contributed by atoms with Crippen LogP contribution in [0, 0.1) is 6.92 Å². The van der Waals surface area contributed by atoms with Crippen molar-refractivity contribution in [2.45, 2.75) is 20.0 Å². The van der Waals surface area contributed by atoms with E-state index in [1.165, 1.54) is 19.2 Å². The zero-order valence-electron chi connectivity index (χ0n) is 15.5. The highest BCUT2D eigenvalue weighted by atomic mass is 19.3. The van der Waals surface area contributed by atoms with Crippen LogP contribution in [0.2, 0.25) is 0 Å². The first-order chi connectivity index (χ1) is 13.4. The molecule has 8 heteroatoms. The quantitative estimate of drug-likeness (QED) is 0.663. The summed E-state index contributed by atoms with van der Waals surface area (Å²) >= 11 is 0. The molecule has 0 spiro atoms. The molecule has 28 heavy (non-hydrogen) atoms. The van der Waals surface area contributed by atoms with E-state index < -0.39 is 25.1 Å². The van der Waals surface area contributed by atoms with Gasteiger partial charge >= 0.3 is 12.6 Å². The number of carbonyl (C=O) groups excluding carboxylic acids is 2. The number of halogens is 2. The lowest BCUT2D eigenvalue weighted by atomic mass is 10.1. The van der Waals surface area contributed by atoms with Crippen molar-refractivity contribution in [3.8, 4) is 11.5 Å². The standard InChI is InChI=1S/C20H21F2NO5/c1-13-3-6-15(11-17(13)26-2)19(25)27-12-18(24)23-10-9-14-4-7-16(8-5-14)28-20(21)22/h3-8,11,20H,9-10,12H2,1-2H3,(H,23,24). The molecule has 0 aromatic heterocycles. The molecule has 2 aromatic rings. The monoisotopic (exact) mass is 393 g/mol. The van der Waals surface area contributed by atoms with Gasteiger partial charge in [-0.25, -0.2) is 4.79 Å². The summed E-state index contributed by atoms with van der Waals surface area (Å²) in [4.78, 5) is 23.8. The molecule has 0 heterocycles. The van der Waals surface area contributed by atoms with Gasteiger partial charge in [-0.3, -0.25) is 4.79 Å². The summed E-state index contributed by atoms with van der Waals surface area (Å²) in [5.41, 5.74) is 2.01. The molecule has 0 fully saturated rings. The molecule has 0 saturated heterocycles. The largest absolute Gasteiger partial charge is 0.496 e. The van der Waals surface area contributed by atoms with Crippen LogP contribution in [0.25, 0.3) is 0 Å². The van der Waals surface area contributed by atoms with E-state index >= 15 is 0 Å². The number of methoxy groups -OCH3 is 1. The Morgan fingerprint density at radius 1 is 1.11 bits per heavy atom. The fraction of sp³-hybridized carbons (Fsp3) is 0.300. The second-order valence-corrected chi connectivity index (χ2v) is 5.88. The van der Waals surface area contributed by atoms with Crippen LogP contribution >= 0.6 is 0 Å². The van der Waals surface area contributed by atoms with Gasteiger partial charge < -0.3 is 19.5 Å². The van der Waals surface area contributed by atoms with Crippen LogP contribution in [0.15, 0.2) is 42.5 Å². The first kappa shape index (κ1) is 21.1. The van der Waals surface area contributed by atoms with Gasteiger partial charge in [-0.15, -0.1) is 0 Å². The van der Waals surface area contributed by atoms with Gasteiger partial charge in [0.25, 0.3) is 5.91 Å². The first-order valence-electron chi connectivity index (χ1n) is 8.51. The Hall–Kier alpha value is -3.16. The van der Waals surface area contributed by atoms with Crippen LogP contribution in [0.4, 0.5) is 8.78 Å². The number of carbonyl (C=O) groups is 2. The van der Waals surface area contributed by atoms with Crippen molar-refractivity contribution >= 4 is 11.9 Å². The molecule has 0 bridgehead atoms. The Balaban J connectivity index is 1.73. The highest BCUT2D eigenvalue weighted by molar-refractivity contribution is 5.91. The molecule has 6 nitrogen and oxygen atoms in total. The molecule has 0 aliphatic rings. The molecule has 1 N–H and O–H groups in total. The maximum atomic E-state index is 12.1. The average molecular weight is 393 g/mol. The summed E-state index contributed by atoms with van der Waals surface area (Å²) in [6.07, 6.45) is 0.490. The molecule has 2 aromatic carbocycles. The molecular weight excluding hydrogens is 372 g/mol. The Morgan fingerprint density at radius 2 is 1.82 bits per heavy atom.